The minimum atomic E-state index is -0.253. The van der Waals surface area contributed by atoms with Gasteiger partial charge >= 0.3 is 0 Å². The minimum Gasteiger partial charge on any atom is -0.497 e. The molecular weight excluding hydrogens is 522 g/mol. The predicted octanol–water partition coefficient (Wildman–Crippen LogP) is 5.27. The molecule has 208 valence electrons. The van der Waals surface area contributed by atoms with Crippen molar-refractivity contribution in [1.29, 1.82) is 0 Å². The molecule has 0 radical (unpaired) electrons. The molecular formula is C31H35N5O3S. The predicted molar refractivity (Wildman–Crippen MR) is 158 cm³/mol. The summed E-state index contributed by atoms with van der Waals surface area (Å²) in [6, 6.07) is 15.9. The zero-order chi connectivity index (χ0) is 27.9. The van der Waals surface area contributed by atoms with Crippen LogP contribution in [0.1, 0.15) is 57.1 Å². The zero-order valence-corrected chi connectivity index (χ0v) is 24.2. The van der Waals surface area contributed by atoms with Crippen LogP contribution in [0.15, 0.2) is 58.5 Å². The van der Waals surface area contributed by atoms with Crippen molar-refractivity contribution in [2.45, 2.75) is 62.9 Å². The number of hydrogen-bond acceptors (Lipinski definition) is 6. The van der Waals surface area contributed by atoms with Crippen molar-refractivity contribution in [1.82, 2.24) is 24.1 Å². The van der Waals surface area contributed by atoms with Crippen LogP contribution >= 0.6 is 11.8 Å². The maximum absolute atomic E-state index is 14.7. The van der Waals surface area contributed by atoms with Crippen LogP contribution in [-0.2, 0) is 16.6 Å². The fraction of sp³-hybridized carbons (Fsp3) is 0.419. The Morgan fingerprint density at radius 1 is 1.05 bits per heavy atom. The maximum atomic E-state index is 14.7. The number of rotatable bonds is 7. The molecule has 0 atom stereocenters. The molecule has 2 heterocycles. The molecule has 1 spiro atoms. The molecule has 1 amide bonds. The summed E-state index contributed by atoms with van der Waals surface area (Å²) in [5, 5.41) is 9.77. The molecule has 0 unspecified atom stereocenters. The normalized spacial score (nSPS) is 15.6. The fourth-order valence-corrected chi connectivity index (χ4v) is 7.47. The van der Waals surface area contributed by atoms with Crippen molar-refractivity contribution in [2.24, 2.45) is 0 Å². The molecule has 0 bridgehead atoms. The molecule has 2 aromatic heterocycles. The lowest BCUT2D eigenvalue weighted by molar-refractivity contribution is -0.127. The number of benzene rings is 2. The SMILES string of the molecule is CCN(CC)C(=O)CSc1nnc2n(-c3cccc(OC)c3)c(=O)c3c(n12)-c1ccccc1CC31CCCCC1. The van der Waals surface area contributed by atoms with Gasteiger partial charge in [-0.25, -0.2) is 4.57 Å². The van der Waals surface area contributed by atoms with Crippen molar-refractivity contribution in [3.05, 3.63) is 70.0 Å². The van der Waals surface area contributed by atoms with E-state index in [-0.39, 0.29) is 22.6 Å². The van der Waals surface area contributed by atoms with Gasteiger partial charge in [0.25, 0.3) is 5.56 Å². The molecule has 8 nitrogen and oxygen atoms in total. The van der Waals surface area contributed by atoms with Crippen LogP contribution in [0.25, 0.3) is 22.7 Å². The zero-order valence-electron chi connectivity index (χ0n) is 23.4. The molecule has 0 N–H and O–H groups in total. The number of fused-ring (bicyclic) bond motifs is 6. The van der Waals surface area contributed by atoms with E-state index in [1.165, 1.54) is 23.7 Å². The van der Waals surface area contributed by atoms with Crippen LogP contribution in [0.2, 0.25) is 0 Å². The van der Waals surface area contributed by atoms with E-state index >= 15 is 0 Å². The minimum absolute atomic E-state index is 0.0460. The van der Waals surface area contributed by atoms with Gasteiger partial charge in [0.1, 0.15) is 5.75 Å². The average Bonchev–Trinajstić information content (AvgIpc) is 3.40. The van der Waals surface area contributed by atoms with Gasteiger partial charge in [0.2, 0.25) is 11.7 Å². The van der Waals surface area contributed by atoms with Crippen LogP contribution in [0, 0.1) is 0 Å². The van der Waals surface area contributed by atoms with Gasteiger partial charge in [-0.05, 0) is 50.8 Å². The standard InChI is InChI=1S/C31H35N5O3S/c1-4-34(5-2)25(37)20-40-30-33-32-29-35(22-13-11-14-23(18-22)39-3)28(38)26-27(36(29)30)24-15-8-7-12-21(24)19-31(26)16-9-6-10-17-31/h7-8,11-15,18H,4-6,9-10,16-17,19-20H2,1-3H3. The molecule has 2 aliphatic rings. The van der Waals surface area contributed by atoms with Crippen molar-refractivity contribution in [3.63, 3.8) is 0 Å². The van der Waals surface area contributed by atoms with Crippen LogP contribution in [0.5, 0.6) is 5.75 Å². The van der Waals surface area contributed by atoms with Crippen molar-refractivity contribution < 1.29 is 9.53 Å². The van der Waals surface area contributed by atoms with E-state index < -0.39 is 0 Å². The summed E-state index contributed by atoms with van der Waals surface area (Å²) < 4.78 is 9.23. The second kappa shape index (κ2) is 10.8. The Bertz CT molecular complexity index is 1630. The molecule has 2 aliphatic carbocycles. The molecule has 1 saturated carbocycles. The highest BCUT2D eigenvalue weighted by molar-refractivity contribution is 7.99. The highest BCUT2D eigenvalue weighted by Gasteiger charge is 2.44. The van der Waals surface area contributed by atoms with Crippen molar-refractivity contribution >= 4 is 23.4 Å². The van der Waals surface area contributed by atoms with Gasteiger partial charge in [-0.1, -0.05) is 61.4 Å². The van der Waals surface area contributed by atoms with Crippen molar-refractivity contribution in [2.75, 3.05) is 26.0 Å². The topological polar surface area (TPSA) is 81.7 Å². The summed E-state index contributed by atoms with van der Waals surface area (Å²) >= 11 is 1.38. The number of carbonyl (C=O) groups excluding carboxylic acids is 1. The Morgan fingerprint density at radius 2 is 1.82 bits per heavy atom. The van der Waals surface area contributed by atoms with Gasteiger partial charge in [0, 0.05) is 35.7 Å². The number of hydrogen-bond donors (Lipinski definition) is 0. The average molecular weight is 558 g/mol. The largest absolute Gasteiger partial charge is 0.497 e. The van der Waals surface area contributed by atoms with Gasteiger partial charge in [0.05, 0.1) is 24.2 Å². The first-order valence-corrected chi connectivity index (χ1v) is 15.2. The van der Waals surface area contributed by atoms with E-state index in [0.29, 0.717) is 35.5 Å². The van der Waals surface area contributed by atoms with Gasteiger partial charge < -0.3 is 9.64 Å². The van der Waals surface area contributed by atoms with E-state index in [1.54, 1.807) is 11.7 Å². The molecule has 2 aromatic carbocycles. The van der Waals surface area contributed by atoms with E-state index in [4.69, 9.17) is 4.74 Å². The quantitative estimate of drug-likeness (QED) is 0.288. The summed E-state index contributed by atoms with van der Waals surface area (Å²) in [6.45, 7) is 5.30. The van der Waals surface area contributed by atoms with E-state index in [0.717, 1.165) is 48.9 Å². The summed E-state index contributed by atoms with van der Waals surface area (Å²) in [7, 11) is 1.62. The Morgan fingerprint density at radius 3 is 2.58 bits per heavy atom. The lowest BCUT2D eigenvalue weighted by Gasteiger charge is -2.42. The van der Waals surface area contributed by atoms with E-state index in [1.807, 2.05) is 53.5 Å². The number of thioether (sulfide) groups is 1. The monoisotopic (exact) mass is 557 g/mol. The van der Waals surface area contributed by atoms with Crippen LogP contribution in [-0.4, -0.2) is 55.9 Å². The number of methoxy groups -OCH3 is 1. The van der Waals surface area contributed by atoms with E-state index in [9.17, 15) is 9.59 Å². The Hall–Kier alpha value is -3.59. The second-order valence-corrected chi connectivity index (χ2v) is 11.7. The molecule has 9 heteroatoms. The third-order valence-electron chi connectivity index (χ3n) is 8.59. The van der Waals surface area contributed by atoms with Gasteiger partial charge in [-0.15, -0.1) is 10.2 Å². The number of carbonyl (C=O) groups is 1. The number of nitrogens with zero attached hydrogens (tertiary/aromatic N) is 5. The van der Waals surface area contributed by atoms with Crippen molar-refractivity contribution in [3.8, 4) is 22.7 Å². The highest BCUT2D eigenvalue weighted by Crippen LogP contribution is 2.49. The van der Waals surface area contributed by atoms with Gasteiger partial charge in [-0.3, -0.25) is 14.0 Å². The number of aromatic nitrogens is 4. The first kappa shape index (κ1) is 26.6. The Kier molecular flexibility index (Phi) is 7.16. The fourth-order valence-electron chi connectivity index (χ4n) is 6.64. The summed E-state index contributed by atoms with van der Waals surface area (Å²) in [5.74, 6) is 1.42. The molecule has 1 fully saturated rings. The van der Waals surface area contributed by atoms with E-state index in [2.05, 4.69) is 28.4 Å². The van der Waals surface area contributed by atoms with Gasteiger partial charge in [-0.2, -0.15) is 0 Å². The Balaban J connectivity index is 1.65. The number of ether oxygens (including phenoxy) is 1. The second-order valence-electron chi connectivity index (χ2n) is 10.7. The highest BCUT2D eigenvalue weighted by atomic mass is 32.2. The molecule has 0 saturated heterocycles. The molecule has 4 aromatic rings. The van der Waals surface area contributed by atoms with Crippen LogP contribution in [0.3, 0.4) is 0 Å². The molecule has 6 rings (SSSR count). The third kappa shape index (κ3) is 4.31. The first-order valence-electron chi connectivity index (χ1n) is 14.2. The van der Waals surface area contributed by atoms with Crippen LogP contribution in [0.4, 0.5) is 0 Å². The van der Waals surface area contributed by atoms with Gasteiger partial charge in [0.15, 0.2) is 5.16 Å². The summed E-state index contributed by atoms with van der Waals surface area (Å²) in [4.78, 5) is 29.5. The molecule has 40 heavy (non-hydrogen) atoms. The summed E-state index contributed by atoms with van der Waals surface area (Å²) in [6.07, 6.45) is 6.17. The first-order chi connectivity index (χ1) is 19.5. The summed E-state index contributed by atoms with van der Waals surface area (Å²) in [5.41, 5.74) is 4.41. The third-order valence-corrected chi connectivity index (χ3v) is 9.50. The lowest BCUT2D eigenvalue weighted by Crippen LogP contribution is -2.43. The maximum Gasteiger partial charge on any atom is 0.263 e. The van der Waals surface area contributed by atoms with Crippen LogP contribution < -0.4 is 10.3 Å². The Labute approximate surface area is 238 Å². The smallest absolute Gasteiger partial charge is 0.263 e. The molecule has 0 aliphatic heterocycles. The number of amides is 1. The lowest BCUT2D eigenvalue weighted by atomic mass is 9.62.